The van der Waals surface area contributed by atoms with E-state index < -0.39 is 17.7 Å². The van der Waals surface area contributed by atoms with Crippen LogP contribution in [0.5, 0.6) is 0 Å². The van der Waals surface area contributed by atoms with Crippen LogP contribution in [0.25, 0.3) is 0 Å². The maximum atomic E-state index is 11.8. The number of ketones is 1. The van der Waals surface area contributed by atoms with Gasteiger partial charge in [0.25, 0.3) is 0 Å². The van der Waals surface area contributed by atoms with E-state index in [9.17, 15) is 14.4 Å². The fourth-order valence-corrected chi connectivity index (χ4v) is 2.02. The second-order valence-electron chi connectivity index (χ2n) is 5.88. The van der Waals surface area contributed by atoms with Crippen LogP contribution in [0.2, 0.25) is 6.32 Å². The molecule has 1 aliphatic heterocycles. The monoisotopic (exact) mass is 280 g/mol. The van der Waals surface area contributed by atoms with Gasteiger partial charge >= 0.3 is 6.09 Å². The highest BCUT2D eigenvalue weighted by atomic mass is 16.6. The fraction of sp³-hybridized carbons (Fsp3) is 0.769. The first-order valence-electron chi connectivity index (χ1n) is 6.73. The molecule has 1 rings (SSSR count). The third-order valence-corrected chi connectivity index (χ3v) is 2.96. The van der Waals surface area contributed by atoms with E-state index in [0.29, 0.717) is 13.0 Å². The van der Waals surface area contributed by atoms with Gasteiger partial charge in [-0.15, -0.1) is 0 Å². The van der Waals surface area contributed by atoms with E-state index in [-0.39, 0.29) is 30.3 Å². The summed E-state index contributed by atoms with van der Waals surface area (Å²) in [5.41, 5.74) is -0.648. The minimum absolute atomic E-state index is 0.0918. The number of nitrogens with one attached hydrogen (secondary N) is 2. The van der Waals surface area contributed by atoms with Crippen molar-refractivity contribution in [3.8, 4) is 0 Å². The van der Waals surface area contributed by atoms with Gasteiger partial charge in [-0.25, -0.2) is 4.79 Å². The zero-order chi connectivity index (χ0) is 15.3. The van der Waals surface area contributed by atoms with Gasteiger partial charge < -0.3 is 15.4 Å². The molecule has 0 aromatic carbocycles. The Hall–Kier alpha value is -1.53. The number of ether oxygens (including phenoxy) is 1. The molecule has 2 amide bonds. The van der Waals surface area contributed by atoms with Crippen molar-refractivity contribution in [3.05, 3.63) is 0 Å². The Morgan fingerprint density at radius 2 is 2.15 bits per heavy atom. The molecule has 0 spiro atoms. The number of alkyl carbamates (subject to hydrolysis) is 1. The molecule has 20 heavy (non-hydrogen) atoms. The zero-order valence-electron chi connectivity index (χ0n) is 12.2. The van der Waals surface area contributed by atoms with E-state index in [0.717, 1.165) is 0 Å². The first-order chi connectivity index (χ1) is 9.23. The van der Waals surface area contributed by atoms with Gasteiger partial charge in [0.1, 0.15) is 11.4 Å². The Morgan fingerprint density at radius 1 is 1.50 bits per heavy atom. The molecule has 0 aromatic heterocycles. The Morgan fingerprint density at radius 3 is 2.60 bits per heavy atom. The van der Waals surface area contributed by atoms with Crippen molar-refractivity contribution >= 4 is 25.6 Å². The van der Waals surface area contributed by atoms with Crippen molar-refractivity contribution in [2.75, 3.05) is 6.54 Å². The van der Waals surface area contributed by atoms with E-state index in [1.54, 1.807) is 20.8 Å². The molecule has 1 fully saturated rings. The lowest BCUT2D eigenvalue weighted by Crippen LogP contribution is -2.45. The summed E-state index contributed by atoms with van der Waals surface area (Å²) in [5, 5.41) is 5.20. The van der Waals surface area contributed by atoms with Crippen LogP contribution in [0.1, 0.15) is 33.6 Å². The lowest BCUT2D eigenvalue weighted by Gasteiger charge is -2.24. The minimum Gasteiger partial charge on any atom is -0.444 e. The van der Waals surface area contributed by atoms with Crippen molar-refractivity contribution in [2.24, 2.45) is 5.92 Å². The number of rotatable bonds is 5. The number of hydrogen-bond donors (Lipinski definition) is 2. The van der Waals surface area contributed by atoms with Gasteiger partial charge in [-0.2, -0.15) is 0 Å². The van der Waals surface area contributed by atoms with Gasteiger partial charge in [-0.3, -0.25) is 9.59 Å². The highest BCUT2D eigenvalue weighted by Crippen LogP contribution is 2.17. The Labute approximate surface area is 120 Å². The van der Waals surface area contributed by atoms with Gasteiger partial charge in [0.15, 0.2) is 0 Å². The van der Waals surface area contributed by atoms with Gasteiger partial charge in [0, 0.05) is 12.5 Å². The van der Waals surface area contributed by atoms with Crippen LogP contribution in [0.3, 0.4) is 0 Å². The van der Waals surface area contributed by atoms with E-state index >= 15 is 0 Å². The van der Waals surface area contributed by atoms with Gasteiger partial charge in [0.2, 0.25) is 5.91 Å². The predicted molar refractivity (Wildman–Crippen MR) is 74.5 cm³/mol. The summed E-state index contributed by atoms with van der Waals surface area (Å²) in [4.78, 5) is 35.0. The maximum Gasteiger partial charge on any atom is 0.408 e. The molecular formula is C13H21BN2O4. The molecule has 2 atom stereocenters. The summed E-state index contributed by atoms with van der Waals surface area (Å²) in [6, 6.07) is -0.788. The lowest BCUT2D eigenvalue weighted by molar-refractivity contribution is -0.123. The van der Waals surface area contributed by atoms with Crippen LogP contribution >= 0.6 is 0 Å². The van der Waals surface area contributed by atoms with Gasteiger partial charge in [-0.1, -0.05) is 0 Å². The number of carbonyl (C=O) groups is 3. The molecule has 2 unspecified atom stereocenters. The van der Waals surface area contributed by atoms with Crippen LogP contribution < -0.4 is 10.6 Å². The lowest BCUT2D eigenvalue weighted by atomic mass is 9.90. The summed E-state index contributed by atoms with van der Waals surface area (Å²) in [6.45, 7) is 5.80. The SMILES string of the molecule is [B]CC(=O)C(CC1CCNC1=O)NC(=O)OC(C)(C)C. The van der Waals surface area contributed by atoms with Crippen molar-refractivity contribution in [1.29, 1.82) is 0 Å². The molecule has 1 saturated heterocycles. The first-order valence-corrected chi connectivity index (χ1v) is 6.73. The largest absolute Gasteiger partial charge is 0.444 e. The second-order valence-corrected chi connectivity index (χ2v) is 5.88. The zero-order valence-corrected chi connectivity index (χ0v) is 12.2. The highest BCUT2D eigenvalue weighted by Gasteiger charge is 2.31. The van der Waals surface area contributed by atoms with Crippen LogP contribution in [0, 0.1) is 5.92 Å². The summed E-state index contributed by atoms with van der Waals surface area (Å²) >= 11 is 0. The van der Waals surface area contributed by atoms with E-state index in [2.05, 4.69) is 10.6 Å². The quantitative estimate of drug-likeness (QED) is 0.721. The summed E-state index contributed by atoms with van der Waals surface area (Å²) in [6.07, 6.45) is 0.0433. The third kappa shape index (κ3) is 5.23. The van der Waals surface area contributed by atoms with Crippen LogP contribution in [-0.2, 0) is 14.3 Å². The fourth-order valence-electron chi connectivity index (χ4n) is 2.02. The second kappa shape index (κ2) is 6.77. The molecule has 0 bridgehead atoms. The Bertz CT molecular complexity index is 392. The van der Waals surface area contributed by atoms with Crippen molar-refractivity contribution < 1.29 is 19.1 Å². The number of Topliss-reactive ketones (excluding diaryl/α,β-unsaturated/α-hetero) is 1. The average Bonchev–Trinajstić information content (AvgIpc) is 2.70. The molecule has 0 aliphatic carbocycles. The number of amides is 2. The molecule has 1 aliphatic rings. The minimum atomic E-state index is -0.788. The number of hydrogen-bond acceptors (Lipinski definition) is 4. The summed E-state index contributed by atoms with van der Waals surface area (Å²) in [7, 11) is 5.34. The van der Waals surface area contributed by atoms with Crippen molar-refractivity contribution in [2.45, 2.75) is 51.6 Å². The van der Waals surface area contributed by atoms with E-state index in [1.807, 2.05) is 0 Å². The topological polar surface area (TPSA) is 84.5 Å². The summed E-state index contributed by atoms with van der Waals surface area (Å²) in [5.74, 6) is -0.674. The van der Waals surface area contributed by atoms with Crippen LogP contribution in [-0.4, -0.2) is 43.8 Å². The van der Waals surface area contributed by atoms with Crippen LogP contribution in [0.4, 0.5) is 4.79 Å². The van der Waals surface area contributed by atoms with Crippen molar-refractivity contribution in [3.63, 3.8) is 0 Å². The van der Waals surface area contributed by atoms with Crippen molar-refractivity contribution in [1.82, 2.24) is 10.6 Å². The van der Waals surface area contributed by atoms with E-state index in [4.69, 9.17) is 12.6 Å². The molecule has 6 nitrogen and oxygen atoms in total. The summed E-state index contributed by atoms with van der Waals surface area (Å²) < 4.78 is 5.11. The maximum absolute atomic E-state index is 11.8. The molecule has 2 radical (unpaired) electrons. The average molecular weight is 280 g/mol. The standard InChI is InChI=1S/C13H21BN2O4/c1-13(2,3)20-12(19)16-9(10(17)7-14)6-8-4-5-15-11(8)18/h8-9H,4-7H2,1-3H3,(H,15,18)(H,16,19). The molecule has 110 valence electrons. The van der Waals surface area contributed by atoms with E-state index in [1.165, 1.54) is 0 Å². The van der Waals surface area contributed by atoms with Gasteiger partial charge in [0.05, 0.1) is 13.9 Å². The third-order valence-electron chi connectivity index (χ3n) is 2.96. The molecule has 2 N–H and O–H groups in total. The van der Waals surface area contributed by atoms with Crippen LogP contribution in [0.15, 0.2) is 0 Å². The Kier molecular flexibility index (Phi) is 5.59. The highest BCUT2D eigenvalue weighted by molar-refractivity contribution is 6.21. The molecular weight excluding hydrogens is 259 g/mol. The molecule has 7 heteroatoms. The molecule has 0 aromatic rings. The molecule has 0 saturated carbocycles. The van der Waals surface area contributed by atoms with Gasteiger partial charge in [-0.05, 0) is 39.9 Å². The predicted octanol–water partition coefficient (Wildman–Crippen LogP) is 0.562. The number of carbonyl (C=O) groups excluding carboxylic acids is 3. The Balaban J connectivity index is 2.62. The molecule has 1 heterocycles. The first kappa shape index (κ1) is 16.5. The normalized spacial score (nSPS) is 20.1. The smallest absolute Gasteiger partial charge is 0.408 e.